The minimum atomic E-state index is -4.87. The average Bonchev–Trinajstić information content (AvgIpc) is 3.10. The van der Waals surface area contributed by atoms with Crippen molar-refractivity contribution < 1.29 is 35.4 Å². The Hall–Kier alpha value is -6.12. The van der Waals surface area contributed by atoms with E-state index in [9.17, 15) is 25.9 Å². The minimum absolute atomic E-state index is 0.0157. The van der Waals surface area contributed by atoms with Crippen molar-refractivity contribution in [1.29, 1.82) is 0 Å². The third-order valence-corrected chi connectivity index (χ3v) is 9.66. The molecule has 0 atom stereocenters. The normalized spacial score (nSPS) is 12.0. The van der Waals surface area contributed by atoms with Crippen LogP contribution in [0.4, 0.5) is 11.5 Å². The summed E-state index contributed by atoms with van der Waals surface area (Å²) in [5, 5.41) is 6.84. The van der Waals surface area contributed by atoms with Crippen LogP contribution in [-0.2, 0) is 20.2 Å². The number of nitrogens with one attached hydrogen (secondary N) is 1. The number of anilines is 2. The summed E-state index contributed by atoms with van der Waals surface area (Å²) in [5.41, 5.74) is 0.0538. The van der Waals surface area contributed by atoms with Crippen LogP contribution < -0.4 is 14.8 Å². The van der Waals surface area contributed by atoms with Gasteiger partial charge >= 0.3 is 6.01 Å². The molecule has 0 amide bonds. The second kappa shape index (κ2) is 13.7. The molecule has 0 unspecified atom stereocenters. The van der Waals surface area contributed by atoms with Gasteiger partial charge in [0.05, 0.1) is 5.69 Å². The Labute approximate surface area is 293 Å². The summed E-state index contributed by atoms with van der Waals surface area (Å²) in [5.74, 6) is 1.06. The quantitative estimate of drug-likeness (QED) is 0.0915. The first-order valence-corrected chi connectivity index (χ1v) is 18.2. The molecule has 0 saturated carbocycles. The summed E-state index contributed by atoms with van der Waals surface area (Å²) in [7, 11) is -9.44. The van der Waals surface area contributed by atoms with Gasteiger partial charge in [-0.2, -0.15) is 26.8 Å². The number of nitrogens with zero attached hydrogens (tertiary/aromatic N) is 2. The van der Waals surface area contributed by atoms with Crippen LogP contribution in [0.1, 0.15) is 11.1 Å². The molecule has 11 nitrogen and oxygen atoms in total. The molecule has 1 heterocycles. The zero-order valence-electron chi connectivity index (χ0n) is 26.4. The van der Waals surface area contributed by atoms with E-state index in [4.69, 9.17) is 9.47 Å². The van der Waals surface area contributed by atoms with Crippen molar-refractivity contribution in [3.8, 4) is 23.4 Å². The van der Waals surface area contributed by atoms with Crippen LogP contribution in [0.2, 0.25) is 0 Å². The molecular formula is C38H27N3O8S2. The third-order valence-electron chi connectivity index (χ3n) is 7.76. The maximum absolute atomic E-state index is 12.8. The summed E-state index contributed by atoms with van der Waals surface area (Å²) in [6, 6.07) is 37.9. The van der Waals surface area contributed by atoms with E-state index in [0.717, 1.165) is 21.5 Å². The van der Waals surface area contributed by atoms with Gasteiger partial charge < -0.3 is 14.8 Å². The Morgan fingerprint density at radius 3 is 1.76 bits per heavy atom. The number of ether oxygens (including phenoxy) is 2. The fraction of sp³-hybridized carbons (Fsp3) is 0. The van der Waals surface area contributed by atoms with Crippen molar-refractivity contribution >= 4 is 65.4 Å². The van der Waals surface area contributed by atoms with Gasteiger partial charge in [0, 0.05) is 6.07 Å². The molecule has 0 saturated heterocycles. The maximum Gasteiger partial charge on any atom is 0.327 e. The summed E-state index contributed by atoms with van der Waals surface area (Å²) in [6.45, 7) is 0. The number of hydrogen-bond acceptors (Lipinski definition) is 9. The SMILES string of the molecule is O=S(=O)(O)c1ccccc1C=Cc1cccc(Nc2cc(Oc3ccc4ccccc4c3)nc(Oc3ccc4ccccc4c3)n2)c1S(=O)(=O)O. The molecule has 13 heteroatoms. The second-order valence-electron chi connectivity index (χ2n) is 11.3. The predicted molar refractivity (Wildman–Crippen MR) is 195 cm³/mol. The minimum Gasteiger partial charge on any atom is -0.439 e. The number of rotatable bonds is 10. The lowest BCUT2D eigenvalue weighted by Crippen LogP contribution is -2.07. The highest BCUT2D eigenvalue weighted by Gasteiger charge is 2.21. The molecule has 0 bridgehead atoms. The molecule has 0 aliphatic rings. The van der Waals surface area contributed by atoms with Crippen LogP contribution in [0.3, 0.4) is 0 Å². The largest absolute Gasteiger partial charge is 0.439 e. The highest BCUT2D eigenvalue weighted by atomic mass is 32.2. The van der Waals surface area contributed by atoms with Gasteiger partial charge in [-0.05, 0) is 69.1 Å². The standard InChI is InChI=1S/C38H27N3O8S2/c42-50(43,44)34-15-6-5-10-27(34)16-17-28-13-7-14-33(37(28)51(45,46)47)39-35-24-36(48-31-20-18-25-8-1-3-11-29(25)22-31)41-38(40-35)49-32-21-19-26-9-2-4-12-30(26)23-32/h1-24H,(H,39,40,41)(H,42,43,44)(H,45,46,47). The van der Waals surface area contributed by atoms with Crippen LogP contribution in [-0.4, -0.2) is 35.9 Å². The van der Waals surface area contributed by atoms with Crippen LogP contribution >= 0.6 is 0 Å². The molecule has 7 aromatic rings. The summed E-state index contributed by atoms with van der Waals surface area (Å²) in [6.07, 6.45) is 2.62. The first-order valence-electron chi connectivity index (χ1n) is 15.3. The Morgan fingerprint density at radius 1 is 0.549 bits per heavy atom. The fourth-order valence-electron chi connectivity index (χ4n) is 5.50. The van der Waals surface area contributed by atoms with Crippen molar-refractivity contribution in [3.63, 3.8) is 0 Å². The van der Waals surface area contributed by atoms with Gasteiger partial charge in [-0.1, -0.05) is 103 Å². The smallest absolute Gasteiger partial charge is 0.327 e. The van der Waals surface area contributed by atoms with Crippen LogP contribution in [0.15, 0.2) is 143 Å². The number of benzene rings is 6. The number of hydrogen-bond donors (Lipinski definition) is 3. The average molecular weight is 718 g/mol. The Kier molecular flexibility index (Phi) is 8.93. The van der Waals surface area contributed by atoms with E-state index in [2.05, 4.69) is 15.3 Å². The molecule has 3 N–H and O–H groups in total. The monoisotopic (exact) mass is 717 g/mol. The molecule has 254 valence electrons. The van der Waals surface area contributed by atoms with Gasteiger partial charge in [-0.25, -0.2) is 0 Å². The summed E-state index contributed by atoms with van der Waals surface area (Å²) < 4.78 is 81.6. The van der Waals surface area contributed by atoms with Crippen molar-refractivity contribution in [2.75, 3.05) is 5.32 Å². The summed E-state index contributed by atoms with van der Waals surface area (Å²) >= 11 is 0. The Balaban J connectivity index is 1.28. The molecule has 0 spiro atoms. The third kappa shape index (κ3) is 7.71. The lowest BCUT2D eigenvalue weighted by atomic mass is 10.1. The molecule has 51 heavy (non-hydrogen) atoms. The first kappa shape index (κ1) is 33.4. The van der Waals surface area contributed by atoms with Gasteiger partial charge in [0.2, 0.25) is 5.88 Å². The highest BCUT2D eigenvalue weighted by Crippen LogP contribution is 2.34. The lowest BCUT2D eigenvalue weighted by Gasteiger charge is -2.14. The van der Waals surface area contributed by atoms with E-state index in [1.807, 2.05) is 72.8 Å². The number of fused-ring (bicyclic) bond motifs is 2. The van der Waals surface area contributed by atoms with Crippen molar-refractivity contribution in [2.45, 2.75) is 9.79 Å². The second-order valence-corrected chi connectivity index (χ2v) is 14.0. The van der Waals surface area contributed by atoms with E-state index >= 15 is 0 Å². The molecule has 0 aliphatic heterocycles. The summed E-state index contributed by atoms with van der Waals surface area (Å²) in [4.78, 5) is 8.04. The fourth-order valence-corrected chi connectivity index (χ4v) is 7.01. The van der Waals surface area contributed by atoms with Gasteiger partial charge in [-0.3, -0.25) is 9.11 Å². The lowest BCUT2D eigenvalue weighted by molar-refractivity contribution is 0.413. The van der Waals surface area contributed by atoms with E-state index in [0.29, 0.717) is 11.5 Å². The molecule has 0 fully saturated rings. The maximum atomic E-state index is 12.8. The molecule has 7 rings (SSSR count). The van der Waals surface area contributed by atoms with Gasteiger partial charge in [-0.15, -0.1) is 0 Å². The van der Waals surface area contributed by atoms with Crippen molar-refractivity contribution in [2.24, 2.45) is 0 Å². The molecular weight excluding hydrogens is 691 g/mol. The van der Waals surface area contributed by atoms with Crippen LogP contribution in [0.25, 0.3) is 33.7 Å². The van der Waals surface area contributed by atoms with E-state index in [-0.39, 0.29) is 39.4 Å². The molecule has 0 aliphatic carbocycles. The molecule has 1 aromatic heterocycles. The van der Waals surface area contributed by atoms with E-state index in [1.165, 1.54) is 54.6 Å². The van der Waals surface area contributed by atoms with E-state index in [1.54, 1.807) is 18.2 Å². The Morgan fingerprint density at radius 2 is 1.12 bits per heavy atom. The topological polar surface area (TPSA) is 165 Å². The van der Waals surface area contributed by atoms with Gasteiger partial charge in [0.1, 0.15) is 27.1 Å². The van der Waals surface area contributed by atoms with Crippen LogP contribution in [0, 0.1) is 0 Å². The predicted octanol–water partition coefficient (Wildman–Crippen LogP) is 8.78. The zero-order chi connectivity index (χ0) is 35.6. The number of aromatic nitrogens is 2. The van der Waals surface area contributed by atoms with E-state index < -0.39 is 25.1 Å². The molecule has 6 aromatic carbocycles. The first-order chi connectivity index (χ1) is 24.5. The van der Waals surface area contributed by atoms with Gasteiger partial charge in [0.15, 0.2) is 0 Å². The van der Waals surface area contributed by atoms with Crippen molar-refractivity contribution in [1.82, 2.24) is 9.97 Å². The Bertz CT molecular complexity index is 2600. The molecule has 0 radical (unpaired) electrons. The van der Waals surface area contributed by atoms with Crippen LogP contribution in [0.5, 0.6) is 23.4 Å². The zero-order valence-corrected chi connectivity index (χ0v) is 28.0. The highest BCUT2D eigenvalue weighted by molar-refractivity contribution is 7.86. The van der Waals surface area contributed by atoms with Crippen molar-refractivity contribution in [3.05, 3.63) is 145 Å². The van der Waals surface area contributed by atoms with Gasteiger partial charge in [0.25, 0.3) is 20.2 Å².